The second-order valence-electron chi connectivity index (χ2n) is 6.39. The van der Waals surface area contributed by atoms with Crippen LogP contribution in [0, 0.1) is 5.92 Å². The lowest BCUT2D eigenvalue weighted by atomic mass is 10.1. The van der Waals surface area contributed by atoms with Crippen LogP contribution in [-0.4, -0.2) is 57.9 Å². The molecule has 0 radical (unpaired) electrons. The monoisotopic (exact) mass is 294 g/mol. The minimum Gasteiger partial charge on any atom is -0.481 e. The SMILES string of the molecule is O=C(O)CC1CCCN1C(=O)C1CCCN1C(=O)C1CC1. The van der Waals surface area contributed by atoms with Gasteiger partial charge in [0.05, 0.1) is 6.42 Å². The number of hydrogen-bond donors (Lipinski definition) is 1. The van der Waals surface area contributed by atoms with Crippen LogP contribution < -0.4 is 0 Å². The van der Waals surface area contributed by atoms with Crippen LogP contribution in [0.2, 0.25) is 0 Å². The van der Waals surface area contributed by atoms with Gasteiger partial charge in [0.25, 0.3) is 0 Å². The molecule has 116 valence electrons. The molecule has 0 bridgehead atoms. The summed E-state index contributed by atoms with van der Waals surface area (Å²) in [6.45, 7) is 1.29. The second-order valence-corrected chi connectivity index (χ2v) is 6.39. The van der Waals surface area contributed by atoms with Crippen molar-refractivity contribution in [2.75, 3.05) is 13.1 Å². The molecule has 0 aromatic carbocycles. The normalized spacial score (nSPS) is 29.0. The Labute approximate surface area is 124 Å². The van der Waals surface area contributed by atoms with Gasteiger partial charge in [-0.15, -0.1) is 0 Å². The highest BCUT2D eigenvalue weighted by Gasteiger charge is 2.43. The molecule has 2 atom stereocenters. The molecule has 0 spiro atoms. The van der Waals surface area contributed by atoms with Crippen LogP contribution in [-0.2, 0) is 14.4 Å². The number of hydrogen-bond acceptors (Lipinski definition) is 3. The molecule has 3 rings (SSSR count). The number of aliphatic carboxylic acids is 1. The van der Waals surface area contributed by atoms with E-state index in [1.807, 2.05) is 0 Å². The molecule has 2 saturated heterocycles. The van der Waals surface area contributed by atoms with E-state index in [-0.39, 0.29) is 36.2 Å². The number of nitrogens with zero attached hydrogens (tertiary/aromatic N) is 2. The van der Waals surface area contributed by atoms with E-state index in [4.69, 9.17) is 5.11 Å². The lowest BCUT2D eigenvalue weighted by molar-refractivity contribution is -0.146. The first kappa shape index (κ1) is 14.4. The molecule has 1 saturated carbocycles. The lowest BCUT2D eigenvalue weighted by Gasteiger charge is -2.31. The minimum atomic E-state index is -0.864. The summed E-state index contributed by atoms with van der Waals surface area (Å²) in [4.78, 5) is 39.4. The minimum absolute atomic E-state index is 0.00896. The zero-order chi connectivity index (χ0) is 15.0. The maximum atomic E-state index is 12.7. The Kier molecular flexibility index (Phi) is 3.87. The van der Waals surface area contributed by atoms with Crippen LogP contribution in [0.3, 0.4) is 0 Å². The van der Waals surface area contributed by atoms with Gasteiger partial charge in [0, 0.05) is 25.0 Å². The Morgan fingerprint density at radius 2 is 1.57 bits per heavy atom. The molecule has 6 nitrogen and oxygen atoms in total. The number of carboxylic acid groups (broad SMARTS) is 1. The summed E-state index contributed by atoms with van der Waals surface area (Å²) >= 11 is 0. The molecule has 1 N–H and O–H groups in total. The van der Waals surface area contributed by atoms with Crippen LogP contribution in [0.25, 0.3) is 0 Å². The molecule has 2 aliphatic heterocycles. The molecule has 2 unspecified atom stereocenters. The van der Waals surface area contributed by atoms with Crippen molar-refractivity contribution in [1.82, 2.24) is 9.80 Å². The molecular weight excluding hydrogens is 272 g/mol. The highest BCUT2D eigenvalue weighted by Crippen LogP contribution is 2.34. The average molecular weight is 294 g/mol. The predicted octanol–water partition coefficient (Wildman–Crippen LogP) is 0.853. The third kappa shape index (κ3) is 2.89. The molecule has 21 heavy (non-hydrogen) atoms. The number of carbonyl (C=O) groups is 3. The molecular formula is C15H22N2O4. The van der Waals surface area contributed by atoms with Crippen molar-refractivity contribution in [2.45, 2.75) is 57.0 Å². The number of likely N-dealkylation sites (tertiary alicyclic amines) is 2. The highest BCUT2D eigenvalue weighted by molar-refractivity contribution is 5.90. The van der Waals surface area contributed by atoms with Gasteiger partial charge in [-0.3, -0.25) is 14.4 Å². The standard InChI is InChI=1S/C15H22N2O4/c18-13(19)9-11-3-1-7-16(11)15(21)12-4-2-8-17(12)14(20)10-5-6-10/h10-12H,1-9H2,(H,18,19). The van der Waals surface area contributed by atoms with E-state index >= 15 is 0 Å². The predicted molar refractivity (Wildman–Crippen MR) is 74.4 cm³/mol. The summed E-state index contributed by atoms with van der Waals surface area (Å²) in [6, 6.07) is -0.555. The summed E-state index contributed by atoms with van der Waals surface area (Å²) in [5.74, 6) is -0.645. The first-order valence-corrected chi connectivity index (χ1v) is 7.90. The fourth-order valence-corrected chi connectivity index (χ4v) is 3.58. The lowest BCUT2D eigenvalue weighted by Crippen LogP contribution is -2.50. The molecule has 2 heterocycles. The van der Waals surface area contributed by atoms with Crippen LogP contribution >= 0.6 is 0 Å². The average Bonchev–Trinajstić information content (AvgIpc) is 2.99. The van der Waals surface area contributed by atoms with Gasteiger partial charge >= 0.3 is 5.97 Å². The highest BCUT2D eigenvalue weighted by atomic mass is 16.4. The summed E-state index contributed by atoms with van der Waals surface area (Å²) in [7, 11) is 0. The molecule has 0 aromatic rings. The van der Waals surface area contributed by atoms with Crippen molar-refractivity contribution in [3.05, 3.63) is 0 Å². The molecule has 2 amide bonds. The number of rotatable bonds is 4. The first-order chi connectivity index (χ1) is 10.1. The molecule has 0 aromatic heterocycles. The zero-order valence-corrected chi connectivity index (χ0v) is 12.2. The van der Waals surface area contributed by atoms with E-state index < -0.39 is 5.97 Å². The van der Waals surface area contributed by atoms with Gasteiger partial charge in [0.2, 0.25) is 11.8 Å². The van der Waals surface area contributed by atoms with Gasteiger partial charge in [0.1, 0.15) is 6.04 Å². The van der Waals surface area contributed by atoms with Gasteiger partial charge in [-0.05, 0) is 38.5 Å². The second kappa shape index (κ2) is 5.66. The topological polar surface area (TPSA) is 77.9 Å². The first-order valence-electron chi connectivity index (χ1n) is 7.90. The maximum Gasteiger partial charge on any atom is 0.305 e. The van der Waals surface area contributed by atoms with Crippen LogP contribution in [0.4, 0.5) is 0 Å². The van der Waals surface area contributed by atoms with Crippen molar-refractivity contribution in [1.29, 1.82) is 0 Å². The Bertz CT molecular complexity index is 461. The molecule has 3 aliphatic rings. The van der Waals surface area contributed by atoms with Crippen LogP contribution in [0.1, 0.15) is 44.9 Å². The maximum absolute atomic E-state index is 12.7. The van der Waals surface area contributed by atoms with Gasteiger partial charge in [0.15, 0.2) is 0 Å². The molecule has 6 heteroatoms. The Hall–Kier alpha value is -1.59. The van der Waals surface area contributed by atoms with Gasteiger partial charge in [-0.25, -0.2) is 0 Å². The van der Waals surface area contributed by atoms with Gasteiger partial charge < -0.3 is 14.9 Å². The van der Waals surface area contributed by atoms with E-state index in [1.165, 1.54) is 0 Å². The summed E-state index contributed by atoms with van der Waals surface area (Å²) in [5.41, 5.74) is 0. The summed E-state index contributed by atoms with van der Waals surface area (Å²) in [6.07, 6.45) is 5.09. The third-order valence-corrected chi connectivity index (χ3v) is 4.82. The van der Waals surface area contributed by atoms with Crippen molar-refractivity contribution >= 4 is 17.8 Å². The quantitative estimate of drug-likeness (QED) is 0.834. The molecule has 3 fully saturated rings. The Morgan fingerprint density at radius 1 is 0.905 bits per heavy atom. The summed E-state index contributed by atoms with van der Waals surface area (Å²) < 4.78 is 0. The molecule has 1 aliphatic carbocycles. The smallest absolute Gasteiger partial charge is 0.305 e. The van der Waals surface area contributed by atoms with E-state index in [0.717, 1.165) is 32.1 Å². The third-order valence-electron chi connectivity index (χ3n) is 4.82. The van der Waals surface area contributed by atoms with E-state index in [0.29, 0.717) is 19.5 Å². The van der Waals surface area contributed by atoms with Gasteiger partial charge in [-0.2, -0.15) is 0 Å². The van der Waals surface area contributed by atoms with Crippen LogP contribution in [0.5, 0.6) is 0 Å². The fraction of sp³-hybridized carbons (Fsp3) is 0.800. The summed E-state index contributed by atoms with van der Waals surface area (Å²) in [5, 5.41) is 8.96. The van der Waals surface area contributed by atoms with E-state index in [9.17, 15) is 14.4 Å². The fourth-order valence-electron chi connectivity index (χ4n) is 3.58. The number of carbonyl (C=O) groups excluding carboxylic acids is 2. The van der Waals surface area contributed by atoms with Crippen LogP contribution in [0.15, 0.2) is 0 Å². The Morgan fingerprint density at radius 3 is 2.24 bits per heavy atom. The van der Waals surface area contributed by atoms with E-state index in [1.54, 1.807) is 9.80 Å². The van der Waals surface area contributed by atoms with Gasteiger partial charge in [-0.1, -0.05) is 0 Å². The Balaban J connectivity index is 1.68. The van der Waals surface area contributed by atoms with Crippen molar-refractivity contribution in [2.24, 2.45) is 5.92 Å². The number of amides is 2. The van der Waals surface area contributed by atoms with Crippen molar-refractivity contribution in [3.8, 4) is 0 Å². The zero-order valence-electron chi connectivity index (χ0n) is 12.2. The van der Waals surface area contributed by atoms with Crippen molar-refractivity contribution in [3.63, 3.8) is 0 Å². The number of carboxylic acids is 1. The van der Waals surface area contributed by atoms with Crippen molar-refractivity contribution < 1.29 is 19.5 Å². The van der Waals surface area contributed by atoms with E-state index in [2.05, 4.69) is 0 Å². The largest absolute Gasteiger partial charge is 0.481 e.